The Labute approximate surface area is 126 Å². The number of carbonyl (C=O) groups excluding carboxylic acids is 1. The smallest absolute Gasteiger partial charge is 0.225 e. The summed E-state index contributed by atoms with van der Waals surface area (Å²) in [7, 11) is 0. The molecule has 0 aromatic heterocycles. The van der Waals surface area contributed by atoms with Gasteiger partial charge in [0.2, 0.25) is 5.91 Å². The van der Waals surface area contributed by atoms with E-state index in [9.17, 15) is 4.79 Å². The minimum absolute atomic E-state index is 0.0358. The van der Waals surface area contributed by atoms with Crippen molar-refractivity contribution in [2.45, 2.75) is 39.2 Å². The van der Waals surface area contributed by atoms with Crippen LogP contribution in [0.4, 0.5) is 5.69 Å². The molecule has 0 aliphatic carbocycles. The van der Waals surface area contributed by atoms with E-state index in [0.717, 1.165) is 31.6 Å². The third-order valence-electron chi connectivity index (χ3n) is 3.65. The fourth-order valence-corrected chi connectivity index (χ4v) is 2.64. The Hall–Kier alpha value is -2.02. The molecule has 21 heavy (non-hydrogen) atoms. The highest BCUT2D eigenvalue weighted by Crippen LogP contribution is 2.24. The van der Waals surface area contributed by atoms with E-state index in [0.29, 0.717) is 5.56 Å². The van der Waals surface area contributed by atoms with Gasteiger partial charge in [-0.25, -0.2) is 0 Å². The fraction of sp³-hybridized carbons (Fsp3) is 0.529. The molecule has 1 N–H and O–H groups in total. The zero-order chi connectivity index (χ0) is 15.5. The number of hydrogen-bond acceptors (Lipinski definition) is 3. The highest BCUT2D eigenvalue weighted by Gasteiger charge is 2.28. The molecule has 1 saturated heterocycles. The van der Waals surface area contributed by atoms with E-state index in [1.54, 1.807) is 0 Å². The van der Waals surface area contributed by atoms with Gasteiger partial charge in [-0.05, 0) is 57.9 Å². The van der Waals surface area contributed by atoms with Crippen molar-refractivity contribution in [2.75, 3.05) is 18.0 Å². The van der Waals surface area contributed by atoms with Crippen molar-refractivity contribution in [2.24, 2.45) is 5.92 Å². The van der Waals surface area contributed by atoms with Crippen LogP contribution in [-0.4, -0.2) is 24.5 Å². The largest absolute Gasteiger partial charge is 0.371 e. The zero-order valence-corrected chi connectivity index (χ0v) is 13.0. The number of nitrogens with one attached hydrogen (secondary N) is 1. The number of carbonyl (C=O) groups is 1. The van der Waals surface area contributed by atoms with Crippen LogP contribution >= 0.6 is 0 Å². The molecule has 1 atom stereocenters. The van der Waals surface area contributed by atoms with E-state index in [-0.39, 0.29) is 17.4 Å². The Morgan fingerprint density at radius 2 is 2.00 bits per heavy atom. The number of rotatable bonds is 2. The molecule has 0 radical (unpaired) electrons. The summed E-state index contributed by atoms with van der Waals surface area (Å²) in [5.41, 5.74) is 1.56. The van der Waals surface area contributed by atoms with Crippen molar-refractivity contribution in [3.05, 3.63) is 29.8 Å². The van der Waals surface area contributed by atoms with Gasteiger partial charge in [0.1, 0.15) is 0 Å². The highest BCUT2D eigenvalue weighted by atomic mass is 16.2. The first kappa shape index (κ1) is 15.4. The van der Waals surface area contributed by atoms with Gasteiger partial charge in [0.15, 0.2) is 0 Å². The summed E-state index contributed by atoms with van der Waals surface area (Å²) < 4.78 is 0. The average molecular weight is 285 g/mol. The fourth-order valence-electron chi connectivity index (χ4n) is 2.64. The van der Waals surface area contributed by atoms with Crippen molar-refractivity contribution >= 4 is 11.6 Å². The van der Waals surface area contributed by atoms with Crippen LogP contribution in [0.1, 0.15) is 39.2 Å². The van der Waals surface area contributed by atoms with Crippen molar-refractivity contribution in [3.63, 3.8) is 0 Å². The molecule has 2 rings (SSSR count). The Kier molecular flexibility index (Phi) is 4.52. The second-order valence-corrected chi connectivity index (χ2v) is 6.68. The van der Waals surface area contributed by atoms with Gasteiger partial charge >= 0.3 is 0 Å². The van der Waals surface area contributed by atoms with Gasteiger partial charge in [0.05, 0.1) is 17.6 Å². The predicted octanol–water partition coefficient (Wildman–Crippen LogP) is 2.69. The lowest BCUT2D eigenvalue weighted by Crippen LogP contribution is -2.48. The van der Waals surface area contributed by atoms with E-state index < -0.39 is 0 Å². The standard InChI is InChI=1S/C17H23N3O/c1-17(2,3)19-16(21)14-5-4-10-20(12-14)15-8-6-13(11-18)7-9-15/h6-9,14H,4-5,10,12H2,1-3H3,(H,19,21). The maximum Gasteiger partial charge on any atom is 0.225 e. The second kappa shape index (κ2) is 6.17. The second-order valence-electron chi connectivity index (χ2n) is 6.68. The molecular weight excluding hydrogens is 262 g/mol. The molecule has 4 nitrogen and oxygen atoms in total. The number of piperidine rings is 1. The minimum atomic E-state index is -0.187. The van der Waals surface area contributed by atoms with Gasteiger partial charge in [-0.3, -0.25) is 4.79 Å². The number of amides is 1. The molecule has 0 bridgehead atoms. The summed E-state index contributed by atoms with van der Waals surface area (Å²) >= 11 is 0. The van der Waals surface area contributed by atoms with E-state index in [2.05, 4.69) is 16.3 Å². The highest BCUT2D eigenvalue weighted by molar-refractivity contribution is 5.80. The topological polar surface area (TPSA) is 56.1 Å². The predicted molar refractivity (Wildman–Crippen MR) is 84.0 cm³/mol. The van der Waals surface area contributed by atoms with Gasteiger partial charge < -0.3 is 10.2 Å². The van der Waals surface area contributed by atoms with Crippen LogP contribution in [0, 0.1) is 17.2 Å². The SMILES string of the molecule is CC(C)(C)NC(=O)C1CCCN(c2ccc(C#N)cc2)C1. The first-order valence-corrected chi connectivity index (χ1v) is 7.46. The lowest BCUT2D eigenvalue weighted by atomic mass is 9.95. The van der Waals surface area contributed by atoms with Crippen molar-refractivity contribution in [3.8, 4) is 6.07 Å². The summed E-state index contributed by atoms with van der Waals surface area (Å²) in [6.45, 7) is 7.73. The number of anilines is 1. The number of nitriles is 1. The third-order valence-corrected chi connectivity index (χ3v) is 3.65. The molecule has 1 aliphatic heterocycles. The summed E-state index contributed by atoms with van der Waals surface area (Å²) in [5.74, 6) is 0.175. The molecule has 1 fully saturated rings. The van der Waals surface area contributed by atoms with Crippen LogP contribution in [0.2, 0.25) is 0 Å². The number of benzene rings is 1. The molecule has 0 spiro atoms. The monoisotopic (exact) mass is 285 g/mol. The summed E-state index contributed by atoms with van der Waals surface area (Å²) in [4.78, 5) is 14.5. The van der Waals surface area contributed by atoms with Gasteiger partial charge in [-0.15, -0.1) is 0 Å². The lowest BCUT2D eigenvalue weighted by Gasteiger charge is -2.35. The molecule has 1 aromatic rings. The molecule has 0 saturated carbocycles. The van der Waals surface area contributed by atoms with E-state index >= 15 is 0 Å². The average Bonchev–Trinajstić information content (AvgIpc) is 2.46. The van der Waals surface area contributed by atoms with Crippen LogP contribution in [-0.2, 0) is 4.79 Å². The van der Waals surface area contributed by atoms with Crippen LogP contribution in [0.15, 0.2) is 24.3 Å². The third kappa shape index (κ3) is 4.22. The molecule has 4 heteroatoms. The molecule has 1 aliphatic rings. The Bertz CT molecular complexity index is 537. The number of hydrogen-bond donors (Lipinski definition) is 1. The maximum absolute atomic E-state index is 12.3. The maximum atomic E-state index is 12.3. The van der Waals surface area contributed by atoms with E-state index in [4.69, 9.17) is 5.26 Å². The van der Waals surface area contributed by atoms with Gasteiger partial charge in [0.25, 0.3) is 0 Å². The Morgan fingerprint density at radius 3 is 2.57 bits per heavy atom. The normalized spacial score (nSPS) is 19.0. The van der Waals surface area contributed by atoms with Crippen LogP contribution in [0.25, 0.3) is 0 Å². The molecule has 112 valence electrons. The number of nitrogens with zero attached hydrogens (tertiary/aromatic N) is 2. The summed E-state index contributed by atoms with van der Waals surface area (Å²) in [5, 5.41) is 11.9. The van der Waals surface area contributed by atoms with Gasteiger partial charge in [-0.1, -0.05) is 0 Å². The Morgan fingerprint density at radius 1 is 1.33 bits per heavy atom. The molecular formula is C17H23N3O. The Balaban J connectivity index is 2.03. The van der Waals surface area contributed by atoms with E-state index in [1.807, 2.05) is 45.0 Å². The van der Waals surface area contributed by atoms with E-state index in [1.165, 1.54) is 0 Å². The summed E-state index contributed by atoms with van der Waals surface area (Å²) in [6.07, 6.45) is 1.96. The van der Waals surface area contributed by atoms with Gasteiger partial charge in [0, 0.05) is 24.3 Å². The molecule has 1 amide bonds. The van der Waals surface area contributed by atoms with Crippen molar-refractivity contribution in [1.29, 1.82) is 5.26 Å². The summed E-state index contributed by atoms with van der Waals surface area (Å²) in [6, 6.07) is 9.70. The lowest BCUT2D eigenvalue weighted by molar-refractivity contribution is -0.126. The van der Waals surface area contributed by atoms with Gasteiger partial charge in [-0.2, -0.15) is 5.26 Å². The van der Waals surface area contributed by atoms with Crippen LogP contribution < -0.4 is 10.2 Å². The van der Waals surface area contributed by atoms with Crippen LogP contribution in [0.5, 0.6) is 0 Å². The van der Waals surface area contributed by atoms with Crippen molar-refractivity contribution < 1.29 is 4.79 Å². The quantitative estimate of drug-likeness (QED) is 0.909. The molecule has 1 unspecified atom stereocenters. The van der Waals surface area contributed by atoms with Crippen molar-refractivity contribution in [1.82, 2.24) is 5.32 Å². The van der Waals surface area contributed by atoms with Crippen LogP contribution in [0.3, 0.4) is 0 Å². The first-order chi connectivity index (χ1) is 9.89. The first-order valence-electron chi connectivity index (χ1n) is 7.46. The zero-order valence-electron chi connectivity index (χ0n) is 13.0. The molecule has 1 heterocycles. The minimum Gasteiger partial charge on any atom is -0.371 e. The molecule has 1 aromatic carbocycles.